The highest BCUT2D eigenvalue weighted by molar-refractivity contribution is 5.74. The number of alkyl halides is 1. The molecule has 0 unspecified atom stereocenters. The van der Waals surface area contributed by atoms with Crippen molar-refractivity contribution in [2.75, 3.05) is 36.0 Å². The van der Waals surface area contributed by atoms with Crippen molar-refractivity contribution in [1.29, 1.82) is 5.26 Å². The van der Waals surface area contributed by atoms with Crippen LogP contribution in [-0.4, -0.2) is 58.9 Å². The summed E-state index contributed by atoms with van der Waals surface area (Å²) < 4.78 is 15.7. The molecule has 5 heterocycles. The third kappa shape index (κ3) is 2.89. The largest absolute Gasteiger partial charge is 0.367 e. The molecule has 2 aromatic heterocycles. The molecule has 0 bridgehead atoms. The van der Waals surface area contributed by atoms with Gasteiger partial charge in [-0.2, -0.15) is 10.4 Å². The van der Waals surface area contributed by atoms with Gasteiger partial charge in [0, 0.05) is 37.9 Å². The highest BCUT2D eigenvalue weighted by atomic mass is 19.1. The Hall–Kier alpha value is -3.15. The van der Waals surface area contributed by atoms with Crippen molar-refractivity contribution in [2.45, 2.75) is 37.8 Å². The monoisotopic (exact) mass is 431 g/mol. The van der Waals surface area contributed by atoms with Crippen LogP contribution in [0, 0.1) is 11.3 Å². The van der Waals surface area contributed by atoms with E-state index in [2.05, 4.69) is 51.0 Å². The molecule has 3 aliphatic heterocycles. The van der Waals surface area contributed by atoms with Crippen LogP contribution < -0.4 is 15.5 Å². The third-order valence-corrected chi connectivity index (χ3v) is 7.33. The molecule has 7 nitrogen and oxygen atoms in total. The normalized spacial score (nSPS) is 27.6. The molecule has 0 saturated carbocycles. The minimum absolute atomic E-state index is 0.302. The number of nitriles is 1. The van der Waals surface area contributed by atoms with Gasteiger partial charge in [0.2, 0.25) is 0 Å². The summed E-state index contributed by atoms with van der Waals surface area (Å²) in [6, 6.07) is 14.9. The minimum atomic E-state index is -0.962. The molecule has 2 fully saturated rings. The van der Waals surface area contributed by atoms with Gasteiger partial charge in [0.05, 0.1) is 36.0 Å². The molecule has 0 spiro atoms. The fraction of sp³-hybridized carbons (Fsp3) is 0.417. The molecular formula is C24H26FN7. The molecule has 8 heteroatoms. The average Bonchev–Trinajstić information content (AvgIpc) is 3.50. The van der Waals surface area contributed by atoms with Gasteiger partial charge >= 0.3 is 0 Å². The molecule has 2 N–H and O–H groups in total. The highest BCUT2D eigenvalue weighted by Gasteiger charge is 2.40. The minimum Gasteiger partial charge on any atom is -0.367 e. The van der Waals surface area contributed by atoms with Crippen LogP contribution in [0.5, 0.6) is 0 Å². The van der Waals surface area contributed by atoms with Crippen molar-refractivity contribution in [1.82, 2.24) is 14.5 Å². The van der Waals surface area contributed by atoms with Crippen molar-refractivity contribution < 1.29 is 4.39 Å². The highest BCUT2D eigenvalue weighted by Crippen LogP contribution is 2.42. The first-order valence-electron chi connectivity index (χ1n) is 11.2. The smallest absolute Gasteiger partial charge is 0.142 e. The van der Waals surface area contributed by atoms with E-state index in [1.807, 2.05) is 18.2 Å². The molecular weight excluding hydrogens is 405 g/mol. The van der Waals surface area contributed by atoms with Gasteiger partial charge in [-0.05, 0) is 48.4 Å². The van der Waals surface area contributed by atoms with Crippen molar-refractivity contribution in [3.05, 3.63) is 59.4 Å². The number of halogens is 1. The van der Waals surface area contributed by atoms with Crippen molar-refractivity contribution in [3.63, 3.8) is 0 Å². The van der Waals surface area contributed by atoms with Crippen molar-refractivity contribution >= 4 is 16.9 Å². The van der Waals surface area contributed by atoms with Gasteiger partial charge in [-0.25, -0.2) is 8.91 Å². The molecule has 0 radical (unpaired) electrons. The molecule has 2 saturated heterocycles. The van der Waals surface area contributed by atoms with Gasteiger partial charge in [0.1, 0.15) is 17.9 Å². The first-order valence-corrected chi connectivity index (χ1v) is 11.2. The summed E-state index contributed by atoms with van der Waals surface area (Å²) in [5, 5.41) is 13.7. The molecule has 164 valence electrons. The van der Waals surface area contributed by atoms with Gasteiger partial charge in [-0.3, -0.25) is 4.90 Å². The van der Waals surface area contributed by atoms with E-state index in [1.165, 1.54) is 11.1 Å². The Bertz CT molecular complexity index is 1220. The molecule has 0 aliphatic carbocycles. The van der Waals surface area contributed by atoms with Gasteiger partial charge in [-0.15, -0.1) is 0 Å². The van der Waals surface area contributed by atoms with Crippen LogP contribution in [0.4, 0.5) is 15.8 Å². The molecule has 3 aliphatic rings. The van der Waals surface area contributed by atoms with E-state index in [1.54, 1.807) is 10.7 Å². The van der Waals surface area contributed by atoms with Gasteiger partial charge in [0.25, 0.3) is 0 Å². The Labute approximate surface area is 186 Å². The van der Waals surface area contributed by atoms with Crippen molar-refractivity contribution in [2.24, 2.45) is 5.73 Å². The van der Waals surface area contributed by atoms with Gasteiger partial charge < -0.3 is 15.5 Å². The second-order valence-corrected chi connectivity index (χ2v) is 9.25. The van der Waals surface area contributed by atoms with E-state index in [0.717, 1.165) is 36.5 Å². The van der Waals surface area contributed by atoms with E-state index < -0.39 is 12.2 Å². The van der Waals surface area contributed by atoms with E-state index >= 15 is 0 Å². The van der Waals surface area contributed by atoms with Crippen molar-refractivity contribution in [3.8, 4) is 6.07 Å². The Morgan fingerprint density at radius 1 is 1.09 bits per heavy atom. The van der Waals surface area contributed by atoms with Crippen LogP contribution in [0.2, 0.25) is 0 Å². The second kappa shape index (κ2) is 7.19. The van der Waals surface area contributed by atoms with E-state index in [0.29, 0.717) is 30.9 Å². The fourth-order valence-corrected chi connectivity index (χ4v) is 5.66. The maximum atomic E-state index is 14.0. The van der Waals surface area contributed by atoms with Crippen LogP contribution in [0.1, 0.15) is 29.8 Å². The predicted molar refractivity (Wildman–Crippen MR) is 121 cm³/mol. The lowest BCUT2D eigenvalue weighted by Crippen LogP contribution is -2.51. The predicted octanol–water partition coefficient (Wildman–Crippen LogP) is 2.46. The summed E-state index contributed by atoms with van der Waals surface area (Å²) in [6.07, 6.45) is 0.786. The number of nitrogens with two attached hydrogens (primary N) is 1. The molecule has 0 amide bonds. The Morgan fingerprint density at radius 3 is 2.75 bits per heavy atom. The maximum Gasteiger partial charge on any atom is 0.142 e. The molecule has 32 heavy (non-hydrogen) atoms. The zero-order valence-electron chi connectivity index (χ0n) is 18.0. The standard InChI is InChI=1S/C24H26FN7/c1-15-10-30(22-5-3-18(9-26)32-23(22)6-7-28-32)14-24-19-4-2-17(8-16(19)11-31(15)24)29-12-20(25)21(27)13-29/h2-8,15,20-21,24H,10-14,27H2,1H3/t15-,20+,21-,24-/m1/s1. The third-order valence-electron chi connectivity index (χ3n) is 7.33. The number of aromatic nitrogens is 2. The summed E-state index contributed by atoms with van der Waals surface area (Å²) in [5.41, 5.74) is 12.3. The molecule has 6 rings (SSSR count). The van der Waals surface area contributed by atoms with Gasteiger partial charge in [-0.1, -0.05) is 6.07 Å². The van der Waals surface area contributed by atoms with E-state index in [4.69, 9.17) is 5.73 Å². The summed E-state index contributed by atoms with van der Waals surface area (Å²) >= 11 is 0. The number of hydrogen-bond acceptors (Lipinski definition) is 6. The number of anilines is 2. The topological polar surface area (TPSA) is 76.8 Å². The van der Waals surface area contributed by atoms with Crippen LogP contribution in [0.3, 0.4) is 0 Å². The number of benzene rings is 1. The number of pyridine rings is 1. The lowest BCUT2D eigenvalue weighted by molar-refractivity contribution is 0.134. The van der Waals surface area contributed by atoms with E-state index in [-0.39, 0.29) is 0 Å². The fourth-order valence-electron chi connectivity index (χ4n) is 5.66. The number of rotatable bonds is 2. The zero-order valence-corrected chi connectivity index (χ0v) is 18.0. The number of piperazine rings is 1. The number of fused-ring (bicyclic) bond motifs is 4. The van der Waals surface area contributed by atoms with Crippen LogP contribution in [0.25, 0.3) is 5.52 Å². The number of nitrogens with zero attached hydrogens (tertiary/aromatic N) is 6. The maximum absolute atomic E-state index is 14.0. The average molecular weight is 432 g/mol. The first kappa shape index (κ1) is 19.5. The summed E-state index contributed by atoms with van der Waals surface area (Å²) in [7, 11) is 0. The Kier molecular flexibility index (Phi) is 4.39. The van der Waals surface area contributed by atoms with E-state index in [9.17, 15) is 9.65 Å². The Balaban J connectivity index is 1.31. The quantitative estimate of drug-likeness (QED) is 0.672. The molecule has 1 aromatic carbocycles. The van der Waals surface area contributed by atoms with Crippen LogP contribution >= 0.6 is 0 Å². The lowest BCUT2D eigenvalue weighted by atomic mass is 10.0. The lowest BCUT2D eigenvalue weighted by Gasteiger charge is -2.43. The SMILES string of the molecule is C[C@@H]1CN(c2ccc(C#N)n3nccc23)C[C@@H]2c3ccc(N4C[C@@H](N)[C@@H](F)C4)cc3CN12. The summed E-state index contributed by atoms with van der Waals surface area (Å²) in [6.45, 7) is 5.92. The second-order valence-electron chi connectivity index (χ2n) is 9.25. The summed E-state index contributed by atoms with van der Waals surface area (Å²) in [4.78, 5) is 7.05. The Morgan fingerprint density at radius 2 is 1.97 bits per heavy atom. The summed E-state index contributed by atoms with van der Waals surface area (Å²) in [5.74, 6) is 0. The number of hydrogen-bond donors (Lipinski definition) is 1. The zero-order chi connectivity index (χ0) is 22.0. The van der Waals surface area contributed by atoms with Crippen LogP contribution in [0.15, 0.2) is 42.6 Å². The first-order chi connectivity index (χ1) is 15.5. The molecule has 3 aromatic rings. The van der Waals surface area contributed by atoms with Gasteiger partial charge in [0.15, 0.2) is 0 Å². The van der Waals surface area contributed by atoms with Crippen LogP contribution in [-0.2, 0) is 6.54 Å². The molecule has 4 atom stereocenters.